The smallest absolute Gasteiger partial charge is 0.231 e. The summed E-state index contributed by atoms with van der Waals surface area (Å²) < 4.78 is 10.7. The molecule has 74 valence electrons. The Labute approximate surface area is 83.0 Å². The fourth-order valence-electron chi connectivity index (χ4n) is 2.06. The van der Waals surface area contributed by atoms with Gasteiger partial charge in [0.05, 0.1) is 0 Å². The highest BCUT2D eigenvalue weighted by Crippen LogP contribution is 2.35. The molecule has 0 saturated carbocycles. The first-order valence-corrected chi connectivity index (χ1v) is 5.05. The highest BCUT2D eigenvalue weighted by atomic mass is 16.7. The van der Waals surface area contributed by atoms with Crippen LogP contribution in [-0.4, -0.2) is 19.9 Å². The molecular formula is C11H13NO2. The lowest BCUT2D eigenvalue weighted by Crippen LogP contribution is -2.16. The van der Waals surface area contributed by atoms with E-state index in [9.17, 15) is 0 Å². The Morgan fingerprint density at radius 3 is 2.07 bits per heavy atom. The van der Waals surface area contributed by atoms with Crippen LogP contribution in [0.3, 0.4) is 0 Å². The normalized spacial score (nSPS) is 18.9. The van der Waals surface area contributed by atoms with E-state index in [2.05, 4.69) is 17.4 Å². The molecule has 1 aromatic rings. The van der Waals surface area contributed by atoms with Crippen molar-refractivity contribution in [2.75, 3.05) is 19.9 Å². The molecule has 0 amide bonds. The van der Waals surface area contributed by atoms with Gasteiger partial charge in [0.2, 0.25) is 6.79 Å². The third-order valence-corrected chi connectivity index (χ3v) is 2.84. The quantitative estimate of drug-likeness (QED) is 0.666. The molecule has 3 rings (SSSR count). The fourth-order valence-corrected chi connectivity index (χ4v) is 2.06. The second-order valence-electron chi connectivity index (χ2n) is 3.72. The van der Waals surface area contributed by atoms with Crippen LogP contribution in [0.4, 0.5) is 0 Å². The van der Waals surface area contributed by atoms with Crippen LogP contribution in [0.25, 0.3) is 0 Å². The first-order chi connectivity index (χ1) is 6.93. The Morgan fingerprint density at radius 2 is 1.50 bits per heavy atom. The summed E-state index contributed by atoms with van der Waals surface area (Å²) in [6, 6.07) is 4.26. The van der Waals surface area contributed by atoms with E-state index in [0.717, 1.165) is 37.4 Å². The van der Waals surface area contributed by atoms with Crippen molar-refractivity contribution in [1.82, 2.24) is 5.32 Å². The van der Waals surface area contributed by atoms with Crippen LogP contribution in [0, 0.1) is 0 Å². The van der Waals surface area contributed by atoms with Crippen molar-refractivity contribution < 1.29 is 9.47 Å². The first kappa shape index (κ1) is 8.12. The maximum atomic E-state index is 5.36. The zero-order valence-electron chi connectivity index (χ0n) is 8.01. The van der Waals surface area contributed by atoms with Gasteiger partial charge in [-0.15, -0.1) is 0 Å². The maximum Gasteiger partial charge on any atom is 0.231 e. The molecule has 0 unspecified atom stereocenters. The van der Waals surface area contributed by atoms with Gasteiger partial charge >= 0.3 is 0 Å². The molecule has 0 atom stereocenters. The van der Waals surface area contributed by atoms with Crippen LogP contribution in [0.1, 0.15) is 11.1 Å². The van der Waals surface area contributed by atoms with Crippen molar-refractivity contribution in [3.63, 3.8) is 0 Å². The summed E-state index contributed by atoms with van der Waals surface area (Å²) in [4.78, 5) is 0. The van der Waals surface area contributed by atoms with Crippen LogP contribution in [0.5, 0.6) is 11.5 Å². The lowest BCUT2D eigenvalue weighted by molar-refractivity contribution is 0.174. The molecule has 0 fully saturated rings. The van der Waals surface area contributed by atoms with E-state index >= 15 is 0 Å². The molecule has 0 bridgehead atoms. The third-order valence-electron chi connectivity index (χ3n) is 2.84. The number of nitrogens with one attached hydrogen (secondary N) is 1. The second kappa shape index (κ2) is 3.17. The summed E-state index contributed by atoms with van der Waals surface area (Å²) in [6.07, 6.45) is 2.18. The topological polar surface area (TPSA) is 30.5 Å². The summed E-state index contributed by atoms with van der Waals surface area (Å²) in [5.41, 5.74) is 2.80. The lowest BCUT2D eigenvalue weighted by Gasteiger charge is -2.06. The molecule has 0 saturated heterocycles. The molecule has 3 heteroatoms. The van der Waals surface area contributed by atoms with Crippen molar-refractivity contribution in [3.8, 4) is 11.5 Å². The summed E-state index contributed by atoms with van der Waals surface area (Å²) >= 11 is 0. The van der Waals surface area contributed by atoms with Crippen molar-refractivity contribution >= 4 is 0 Å². The van der Waals surface area contributed by atoms with E-state index in [1.54, 1.807) is 0 Å². The van der Waals surface area contributed by atoms with Crippen molar-refractivity contribution in [2.45, 2.75) is 12.8 Å². The first-order valence-electron chi connectivity index (χ1n) is 5.05. The molecule has 2 aliphatic heterocycles. The standard InChI is InChI=1S/C11H13NO2/c1-3-12-4-2-9-6-11-10(5-8(1)9)13-7-14-11/h5-6,12H,1-4,7H2. The van der Waals surface area contributed by atoms with E-state index in [-0.39, 0.29) is 0 Å². The average Bonchev–Trinajstić information content (AvgIpc) is 2.51. The van der Waals surface area contributed by atoms with E-state index < -0.39 is 0 Å². The van der Waals surface area contributed by atoms with E-state index in [4.69, 9.17) is 9.47 Å². The maximum absolute atomic E-state index is 5.36. The van der Waals surface area contributed by atoms with Crippen LogP contribution < -0.4 is 14.8 Å². The summed E-state index contributed by atoms with van der Waals surface area (Å²) in [5, 5.41) is 3.39. The van der Waals surface area contributed by atoms with Gasteiger partial charge in [0.15, 0.2) is 11.5 Å². The SMILES string of the molecule is c1c2c(cc3c1OCO3)CCNCC2. The highest BCUT2D eigenvalue weighted by Gasteiger charge is 2.17. The minimum Gasteiger partial charge on any atom is -0.454 e. The molecule has 0 radical (unpaired) electrons. The molecule has 1 aromatic carbocycles. The Hall–Kier alpha value is -1.22. The Bertz CT molecular complexity index is 330. The predicted molar refractivity (Wildman–Crippen MR) is 52.8 cm³/mol. The van der Waals surface area contributed by atoms with E-state index in [1.165, 1.54) is 11.1 Å². The van der Waals surface area contributed by atoms with Crippen molar-refractivity contribution in [3.05, 3.63) is 23.3 Å². The summed E-state index contributed by atoms with van der Waals surface area (Å²) in [6.45, 7) is 2.50. The van der Waals surface area contributed by atoms with Gasteiger partial charge in [0.25, 0.3) is 0 Å². The van der Waals surface area contributed by atoms with E-state index in [1.807, 2.05) is 0 Å². The van der Waals surface area contributed by atoms with Crippen LogP contribution in [0.15, 0.2) is 12.1 Å². The molecule has 0 spiro atoms. The van der Waals surface area contributed by atoms with Gasteiger partial charge in [-0.2, -0.15) is 0 Å². The van der Waals surface area contributed by atoms with Gasteiger partial charge in [-0.1, -0.05) is 0 Å². The van der Waals surface area contributed by atoms with Gasteiger partial charge in [-0.3, -0.25) is 0 Å². The van der Waals surface area contributed by atoms with Gasteiger partial charge in [0.1, 0.15) is 0 Å². The van der Waals surface area contributed by atoms with Gasteiger partial charge < -0.3 is 14.8 Å². The summed E-state index contributed by atoms with van der Waals surface area (Å²) in [5.74, 6) is 1.82. The molecule has 0 aromatic heterocycles. The molecule has 0 aliphatic carbocycles. The molecular weight excluding hydrogens is 178 g/mol. The Balaban J connectivity index is 2.06. The van der Waals surface area contributed by atoms with Gasteiger partial charge in [-0.25, -0.2) is 0 Å². The molecule has 2 heterocycles. The number of hydrogen-bond donors (Lipinski definition) is 1. The van der Waals surface area contributed by atoms with E-state index in [0.29, 0.717) is 6.79 Å². The van der Waals surface area contributed by atoms with Crippen LogP contribution in [0.2, 0.25) is 0 Å². The van der Waals surface area contributed by atoms with Crippen molar-refractivity contribution in [1.29, 1.82) is 0 Å². The zero-order valence-corrected chi connectivity index (χ0v) is 8.01. The van der Waals surface area contributed by atoms with Crippen molar-refractivity contribution in [2.24, 2.45) is 0 Å². The molecule has 2 aliphatic rings. The Morgan fingerprint density at radius 1 is 0.929 bits per heavy atom. The highest BCUT2D eigenvalue weighted by molar-refractivity contribution is 5.49. The van der Waals surface area contributed by atoms with Crippen LogP contribution >= 0.6 is 0 Å². The summed E-state index contributed by atoms with van der Waals surface area (Å²) in [7, 11) is 0. The average molecular weight is 191 g/mol. The number of fused-ring (bicyclic) bond motifs is 2. The van der Waals surface area contributed by atoms with Crippen LogP contribution in [-0.2, 0) is 12.8 Å². The lowest BCUT2D eigenvalue weighted by atomic mass is 10.0. The number of hydrogen-bond acceptors (Lipinski definition) is 3. The minimum absolute atomic E-state index is 0.372. The van der Waals surface area contributed by atoms with Gasteiger partial charge in [-0.05, 0) is 49.2 Å². The molecule has 14 heavy (non-hydrogen) atoms. The number of rotatable bonds is 0. The predicted octanol–water partition coefficient (Wildman–Crippen LogP) is 1.10. The Kier molecular flexibility index (Phi) is 1.84. The second-order valence-corrected chi connectivity index (χ2v) is 3.72. The monoisotopic (exact) mass is 191 g/mol. The molecule has 1 N–H and O–H groups in total. The molecule has 3 nitrogen and oxygen atoms in total. The van der Waals surface area contributed by atoms with Gasteiger partial charge in [0, 0.05) is 0 Å². The number of benzene rings is 1. The third kappa shape index (κ3) is 1.24. The fraction of sp³-hybridized carbons (Fsp3) is 0.455. The number of ether oxygens (including phenoxy) is 2. The minimum atomic E-state index is 0.372. The largest absolute Gasteiger partial charge is 0.454 e. The zero-order chi connectivity index (χ0) is 9.38.